The SMILES string of the molecule is CCN(CC(=O)N(C)C1CCCc2ccccc21)Cc1cccc(F)c1. The highest BCUT2D eigenvalue weighted by Gasteiger charge is 2.27. The van der Waals surface area contributed by atoms with Gasteiger partial charge in [0.25, 0.3) is 0 Å². The molecule has 0 fully saturated rings. The van der Waals surface area contributed by atoms with Crippen molar-refractivity contribution in [2.75, 3.05) is 20.1 Å². The Morgan fingerprint density at radius 1 is 1.19 bits per heavy atom. The normalized spacial score (nSPS) is 16.4. The van der Waals surface area contributed by atoms with Gasteiger partial charge in [-0.15, -0.1) is 0 Å². The molecule has 0 bridgehead atoms. The van der Waals surface area contributed by atoms with Crippen molar-refractivity contribution < 1.29 is 9.18 Å². The maximum absolute atomic E-state index is 13.4. The number of hydrogen-bond donors (Lipinski definition) is 0. The highest BCUT2D eigenvalue weighted by Crippen LogP contribution is 2.33. The van der Waals surface area contributed by atoms with Gasteiger partial charge in [0.05, 0.1) is 12.6 Å². The number of likely N-dealkylation sites (N-methyl/N-ethyl adjacent to an activating group) is 2. The highest BCUT2D eigenvalue weighted by atomic mass is 19.1. The van der Waals surface area contributed by atoms with Crippen molar-refractivity contribution in [1.29, 1.82) is 0 Å². The standard InChI is InChI=1S/C22H27FN2O/c1-3-25(15-17-8-6-11-19(23)14-17)16-22(26)24(2)21-13-7-10-18-9-4-5-12-20(18)21/h4-6,8-9,11-12,14,21H,3,7,10,13,15-16H2,1-2H3. The Balaban J connectivity index is 1.66. The number of nitrogens with zero attached hydrogens (tertiary/aromatic N) is 2. The second-order valence-electron chi connectivity index (χ2n) is 7.04. The van der Waals surface area contributed by atoms with Gasteiger partial charge in [0.1, 0.15) is 5.82 Å². The lowest BCUT2D eigenvalue weighted by molar-refractivity contribution is -0.133. The van der Waals surface area contributed by atoms with Gasteiger partial charge in [0, 0.05) is 13.6 Å². The third-order valence-corrected chi connectivity index (χ3v) is 5.30. The van der Waals surface area contributed by atoms with E-state index >= 15 is 0 Å². The second kappa shape index (κ2) is 8.45. The first-order valence-corrected chi connectivity index (χ1v) is 9.38. The smallest absolute Gasteiger partial charge is 0.237 e. The number of hydrogen-bond acceptors (Lipinski definition) is 2. The van der Waals surface area contributed by atoms with Gasteiger partial charge in [0.2, 0.25) is 5.91 Å². The quantitative estimate of drug-likeness (QED) is 0.777. The molecule has 3 rings (SSSR count). The zero-order chi connectivity index (χ0) is 18.5. The van der Waals surface area contributed by atoms with Crippen LogP contribution in [0.4, 0.5) is 4.39 Å². The van der Waals surface area contributed by atoms with Crippen LogP contribution in [0.1, 0.15) is 42.5 Å². The van der Waals surface area contributed by atoms with Crippen LogP contribution in [0, 0.1) is 5.82 Å². The first kappa shape index (κ1) is 18.6. The van der Waals surface area contributed by atoms with E-state index in [0.717, 1.165) is 31.4 Å². The van der Waals surface area contributed by atoms with Gasteiger partial charge >= 0.3 is 0 Å². The lowest BCUT2D eigenvalue weighted by Crippen LogP contribution is -2.40. The Morgan fingerprint density at radius 3 is 2.77 bits per heavy atom. The summed E-state index contributed by atoms with van der Waals surface area (Å²) in [7, 11) is 1.91. The largest absolute Gasteiger partial charge is 0.338 e. The monoisotopic (exact) mass is 354 g/mol. The summed E-state index contributed by atoms with van der Waals surface area (Å²) in [6, 6.07) is 15.2. The third-order valence-electron chi connectivity index (χ3n) is 5.30. The molecule has 1 aliphatic carbocycles. The minimum Gasteiger partial charge on any atom is -0.338 e. The van der Waals surface area contributed by atoms with Gasteiger partial charge in [-0.25, -0.2) is 4.39 Å². The molecular formula is C22H27FN2O. The van der Waals surface area contributed by atoms with Crippen molar-refractivity contribution in [3.63, 3.8) is 0 Å². The van der Waals surface area contributed by atoms with E-state index in [2.05, 4.69) is 29.2 Å². The molecule has 2 aromatic carbocycles. The minimum atomic E-state index is -0.235. The molecule has 4 heteroatoms. The number of aryl methyl sites for hydroxylation is 1. The summed E-state index contributed by atoms with van der Waals surface area (Å²) >= 11 is 0. The van der Waals surface area contributed by atoms with E-state index in [1.807, 2.05) is 24.9 Å². The topological polar surface area (TPSA) is 23.6 Å². The van der Waals surface area contributed by atoms with Crippen molar-refractivity contribution >= 4 is 5.91 Å². The zero-order valence-corrected chi connectivity index (χ0v) is 15.6. The Hall–Kier alpha value is -2.20. The average molecular weight is 354 g/mol. The van der Waals surface area contributed by atoms with E-state index < -0.39 is 0 Å². The number of amides is 1. The fraction of sp³-hybridized carbons (Fsp3) is 0.409. The molecule has 0 saturated heterocycles. The van der Waals surface area contributed by atoms with Gasteiger partial charge in [-0.2, -0.15) is 0 Å². The predicted octanol–water partition coefficient (Wildman–Crippen LogP) is 4.18. The molecule has 0 radical (unpaired) electrons. The molecule has 1 amide bonds. The van der Waals surface area contributed by atoms with Crippen molar-refractivity contribution in [1.82, 2.24) is 9.80 Å². The van der Waals surface area contributed by atoms with Crippen LogP contribution in [0.25, 0.3) is 0 Å². The highest BCUT2D eigenvalue weighted by molar-refractivity contribution is 5.78. The number of carbonyl (C=O) groups excluding carboxylic acids is 1. The average Bonchev–Trinajstić information content (AvgIpc) is 2.66. The Morgan fingerprint density at radius 2 is 2.00 bits per heavy atom. The second-order valence-corrected chi connectivity index (χ2v) is 7.04. The molecule has 0 saturated carbocycles. The number of benzene rings is 2. The van der Waals surface area contributed by atoms with Gasteiger partial charge in [-0.1, -0.05) is 43.3 Å². The van der Waals surface area contributed by atoms with Crippen LogP contribution in [-0.2, 0) is 17.8 Å². The molecule has 0 heterocycles. The van der Waals surface area contributed by atoms with Gasteiger partial charge in [-0.3, -0.25) is 9.69 Å². The van der Waals surface area contributed by atoms with Crippen LogP contribution in [0.3, 0.4) is 0 Å². The molecule has 1 aliphatic rings. The molecule has 0 aliphatic heterocycles. The molecule has 2 aromatic rings. The Labute approximate surface area is 155 Å². The van der Waals surface area contributed by atoms with E-state index in [1.165, 1.54) is 23.3 Å². The Bertz CT molecular complexity index is 761. The van der Waals surface area contributed by atoms with Crippen molar-refractivity contribution in [3.05, 3.63) is 71.0 Å². The van der Waals surface area contributed by atoms with Crippen LogP contribution in [0.5, 0.6) is 0 Å². The lowest BCUT2D eigenvalue weighted by atomic mass is 9.87. The number of rotatable bonds is 6. The molecule has 1 unspecified atom stereocenters. The van der Waals surface area contributed by atoms with Crippen molar-refractivity contribution in [2.24, 2.45) is 0 Å². The molecule has 138 valence electrons. The molecule has 0 N–H and O–H groups in total. The van der Waals surface area contributed by atoms with Crippen LogP contribution in [0.2, 0.25) is 0 Å². The summed E-state index contributed by atoms with van der Waals surface area (Å²) in [5.41, 5.74) is 3.53. The van der Waals surface area contributed by atoms with Crippen molar-refractivity contribution in [3.8, 4) is 0 Å². The summed E-state index contributed by atoms with van der Waals surface area (Å²) in [5.74, 6) is -0.120. The fourth-order valence-electron chi connectivity index (χ4n) is 3.78. The molecule has 0 aromatic heterocycles. The first-order valence-electron chi connectivity index (χ1n) is 9.38. The summed E-state index contributed by atoms with van der Waals surface area (Å²) in [6.45, 7) is 3.71. The minimum absolute atomic E-state index is 0.116. The number of fused-ring (bicyclic) bond motifs is 1. The third kappa shape index (κ3) is 4.31. The van der Waals surface area contributed by atoms with E-state index in [1.54, 1.807) is 6.07 Å². The molecule has 26 heavy (non-hydrogen) atoms. The van der Waals surface area contributed by atoms with Gasteiger partial charge in [-0.05, 0) is 54.6 Å². The summed E-state index contributed by atoms with van der Waals surface area (Å²) < 4.78 is 13.4. The summed E-state index contributed by atoms with van der Waals surface area (Å²) in [5, 5.41) is 0. The fourth-order valence-corrected chi connectivity index (χ4v) is 3.78. The first-order chi connectivity index (χ1) is 12.6. The van der Waals surface area contributed by atoms with Crippen LogP contribution >= 0.6 is 0 Å². The predicted molar refractivity (Wildman–Crippen MR) is 102 cm³/mol. The molecule has 0 spiro atoms. The molecule has 3 nitrogen and oxygen atoms in total. The summed E-state index contributed by atoms with van der Waals surface area (Å²) in [6.07, 6.45) is 3.21. The zero-order valence-electron chi connectivity index (χ0n) is 15.6. The van der Waals surface area contributed by atoms with Gasteiger partial charge in [0.15, 0.2) is 0 Å². The van der Waals surface area contributed by atoms with Crippen molar-refractivity contribution in [2.45, 2.75) is 38.8 Å². The van der Waals surface area contributed by atoms with Crippen LogP contribution in [-0.4, -0.2) is 35.8 Å². The number of carbonyl (C=O) groups is 1. The maximum atomic E-state index is 13.4. The van der Waals surface area contributed by atoms with E-state index in [0.29, 0.717) is 13.1 Å². The van der Waals surface area contributed by atoms with Gasteiger partial charge < -0.3 is 4.90 Å². The van der Waals surface area contributed by atoms with E-state index in [9.17, 15) is 9.18 Å². The maximum Gasteiger partial charge on any atom is 0.237 e. The van der Waals surface area contributed by atoms with Crippen LogP contribution in [0.15, 0.2) is 48.5 Å². The lowest BCUT2D eigenvalue weighted by Gasteiger charge is -2.34. The van der Waals surface area contributed by atoms with E-state index in [-0.39, 0.29) is 17.8 Å². The number of halogens is 1. The van der Waals surface area contributed by atoms with Crippen LogP contribution < -0.4 is 0 Å². The summed E-state index contributed by atoms with van der Waals surface area (Å²) in [4.78, 5) is 16.8. The molecular weight excluding hydrogens is 327 g/mol. The molecule has 1 atom stereocenters. The Kier molecular flexibility index (Phi) is 6.04. The van der Waals surface area contributed by atoms with E-state index in [4.69, 9.17) is 0 Å².